The third-order valence-corrected chi connectivity index (χ3v) is 2.26. The molecule has 1 aromatic carbocycles. The number of rotatable bonds is 2. The standard InChI is InChI=1S/C13H15ClN2O/c1-13(2,3)16-12(17)8-9-7-10(14)5-6-11(9)15-4/h5-7H,8H2,1-3H3,(H,16,17). The van der Waals surface area contributed by atoms with Crippen LogP contribution in [0, 0.1) is 6.57 Å². The molecule has 0 aliphatic heterocycles. The van der Waals surface area contributed by atoms with Crippen molar-refractivity contribution in [2.75, 3.05) is 0 Å². The molecule has 1 rings (SSSR count). The Morgan fingerprint density at radius 3 is 2.65 bits per heavy atom. The van der Waals surface area contributed by atoms with Gasteiger partial charge in [-0.15, -0.1) is 0 Å². The highest BCUT2D eigenvalue weighted by molar-refractivity contribution is 6.30. The van der Waals surface area contributed by atoms with Crippen LogP contribution in [0.2, 0.25) is 5.02 Å². The number of nitrogens with zero attached hydrogens (tertiary/aromatic N) is 1. The first kappa shape index (κ1) is 13.5. The van der Waals surface area contributed by atoms with Crippen LogP contribution in [0.3, 0.4) is 0 Å². The van der Waals surface area contributed by atoms with Crippen molar-refractivity contribution >= 4 is 23.2 Å². The SMILES string of the molecule is [C-]#[N+]c1ccc(Cl)cc1CC(=O)NC(C)(C)C. The average Bonchev–Trinajstić information content (AvgIpc) is 2.14. The highest BCUT2D eigenvalue weighted by Gasteiger charge is 2.15. The molecule has 4 heteroatoms. The molecular weight excluding hydrogens is 236 g/mol. The van der Waals surface area contributed by atoms with Gasteiger partial charge in [0.2, 0.25) is 5.91 Å². The number of carbonyl (C=O) groups excluding carboxylic acids is 1. The van der Waals surface area contributed by atoms with Gasteiger partial charge in [0.25, 0.3) is 0 Å². The van der Waals surface area contributed by atoms with Gasteiger partial charge >= 0.3 is 0 Å². The predicted octanol–water partition coefficient (Wildman–Crippen LogP) is 3.35. The summed E-state index contributed by atoms with van der Waals surface area (Å²) in [6.07, 6.45) is 0.176. The molecule has 0 aliphatic rings. The van der Waals surface area contributed by atoms with Gasteiger partial charge in [-0.25, -0.2) is 4.85 Å². The van der Waals surface area contributed by atoms with E-state index in [1.807, 2.05) is 20.8 Å². The second kappa shape index (κ2) is 5.20. The summed E-state index contributed by atoms with van der Waals surface area (Å²) in [7, 11) is 0. The van der Waals surface area contributed by atoms with Crippen molar-refractivity contribution in [3.63, 3.8) is 0 Å². The molecule has 0 aliphatic carbocycles. The second-order valence-corrected chi connectivity index (χ2v) is 5.30. The van der Waals surface area contributed by atoms with E-state index in [4.69, 9.17) is 18.2 Å². The largest absolute Gasteiger partial charge is 0.351 e. The Hall–Kier alpha value is -1.53. The van der Waals surface area contributed by atoms with Crippen molar-refractivity contribution in [2.24, 2.45) is 0 Å². The summed E-state index contributed by atoms with van der Waals surface area (Å²) < 4.78 is 0. The van der Waals surface area contributed by atoms with Gasteiger partial charge in [0.1, 0.15) is 0 Å². The van der Waals surface area contributed by atoms with Crippen LogP contribution < -0.4 is 5.32 Å². The van der Waals surface area contributed by atoms with Crippen LogP contribution in [0.5, 0.6) is 0 Å². The van der Waals surface area contributed by atoms with Crippen LogP contribution in [-0.4, -0.2) is 11.4 Å². The topological polar surface area (TPSA) is 33.5 Å². The van der Waals surface area contributed by atoms with Crippen LogP contribution in [0.25, 0.3) is 4.85 Å². The number of benzene rings is 1. The number of carbonyl (C=O) groups is 1. The quantitative estimate of drug-likeness (QED) is 0.803. The van der Waals surface area contributed by atoms with Gasteiger partial charge in [-0.05, 0) is 26.3 Å². The molecule has 0 radical (unpaired) electrons. The first-order valence-corrected chi connectivity index (χ1v) is 5.66. The van der Waals surface area contributed by atoms with Gasteiger partial charge in [0.15, 0.2) is 5.69 Å². The highest BCUT2D eigenvalue weighted by atomic mass is 35.5. The third-order valence-electron chi connectivity index (χ3n) is 2.03. The van der Waals surface area contributed by atoms with E-state index < -0.39 is 0 Å². The number of hydrogen-bond acceptors (Lipinski definition) is 1. The number of hydrogen-bond donors (Lipinski definition) is 1. The lowest BCUT2D eigenvalue weighted by atomic mass is 10.1. The second-order valence-electron chi connectivity index (χ2n) is 4.86. The molecule has 0 heterocycles. The zero-order valence-electron chi connectivity index (χ0n) is 10.2. The summed E-state index contributed by atoms with van der Waals surface area (Å²) in [5, 5.41) is 3.39. The maximum Gasteiger partial charge on any atom is 0.223 e. The molecule has 0 saturated heterocycles. The normalized spacial score (nSPS) is 10.8. The van der Waals surface area contributed by atoms with Crippen LogP contribution in [0.15, 0.2) is 18.2 Å². The van der Waals surface area contributed by atoms with Crippen LogP contribution in [-0.2, 0) is 11.2 Å². The molecule has 1 amide bonds. The zero-order chi connectivity index (χ0) is 13.1. The fraction of sp³-hybridized carbons (Fsp3) is 0.385. The summed E-state index contributed by atoms with van der Waals surface area (Å²) >= 11 is 5.86. The van der Waals surface area contributed by atoms with Crippen LogP contribution in [0.4, 0.5) is 5.69 Å². The number of nitrogens with one attached hydrogen (secondary N) is 1. The summed E-state index contributed by atoms with van der Waals surface area (Å²) in [4.78, 5) is 15.1. The van der Waals surface area contributed by atoms with Gasteiger partial charge in [-0.3, -0.25) is 4.79 Å². The molecule has 90 valence electrons. The molecule has 17 heavy (non-hydrogen) atoms. The predicted molar refractivity (Wildman–Crippen MR) is 69.3 cm³/mol. The minimum Gasteiger partial charge on any atom is -0.351 e. The maximum absolute atomic E-state index is 11.8. The fourth-order valence-corrected chi connectivity index (χ4v) is 1.63. The van der Waals surface area contributed by atoms with E-state index in [0.29, 0.717) is 16.3 Å². The minimum atomic E-state index is -0.270. The fourth-order valence-electron chi connectivity index (χ4n) is 1.44. The molecule has 0 unspecified atom stereocenters. The molecule has 0 spiro atoms. The smallest absolute Gasteiger partial charge is 0.223 e. The Balaban J connectivity index is 2.85. The number of halogens is 1. The van der Waals surface area contributed by atoms with E-state index in [1.165, 1.54) is 0 Å². The Morgan fingerprint density at radius 1 is 1.47 bits per heavy atom. The Labute approximate surface area is 107 Å². The maximum atomic E-state index is 11.8. The lowest BCUT2D eigenvalue weighted by Crippen LogP contribution is -2.41. The molecular formula is C13H15ClN2O. The molecule has 0 atom stereocenters. The zero-order valence-corrected chi connectivity index (χ0v) is 10.9. The molecule has 0 bridgehead atoms. The van der Waals surface area contributed by atoms with E-state index in [2.05, 4.69) is 10.2 Å². The first-order chi connectivity index (χ1) is 7.81. The number of amides is 1. The summed E-state index contributed by atoms with van der Waals surface area (Å²) in [5.41, 5.74) is 0.862. The van der Waals surface area contributed by atoms with E-state index >= 15 is 0 Å². The average molecular weight is 251 g/mol. The lowest BCUT2D eigenvalue weighted by Gasteiger charge is -2.20. The third kappa shape index (κ3) is 4.46. The highest BCUT2D eigenvalue weighted by Crippen LogP contribution is 2.23. The van der Waals surface area contributed by atoms with Crippen LogP contribution in [0.1, 0.15) is 26.3 Å². The Morgan fingerprint density at radius 2 is 2.12 bits per heavy atom. The van der Waals surface area contributed by atoms with E-state index in [9.17, 15) is 4.79 Å². The molecule has 0 fully saturated rings. The van der Waals surface area contributed by atoms with Crippen molar-refractivity contribution in [2.45, 2.75) is 32.7 Å². The minimum absolute atomic E-state index is 0.107. The van der Waals surface area contributed by atoms with E-state index in [-0.39, 0.29) is 17.9 Å². The van der Waals surface area contributed by atoms with Crippen molar-refractivity contribution in [1.82, 2.24) is 5.32 Å². The summed E-state index contributed by atoms with van der Waals surface area (Å²) in [6, 6.07) is 4.95. The van der Waals surface area contributed by atoms with E-state index in [0.717, 1.165) is 0 Å². The first-order valence-electron chi connectivity index (χ1n) is 5.29. The van der Waals surface area contributed by atoms with Crippen molar-refractivity contribution in [3.05, 3.63) is 40.2 Å². The van der Waals surface area contributed by atoms with Gasteiger partial charge in [-0.1, -0.05) is 29.8 Å². The van der Waals surface area contributed by atoms with Crippen LogP contribution >= 0.6 is 11.6 Å². The van der Waals surface area contributed by atoms with Gasteiger partial charge < -0.3 is 5.32 Å². The van der Waals surface area contributed by atoms with E-state index in [1.54, 1.807) is 18.2 Å². The van der Waals surface area contributed by atoms with Gasteiger partial charge in [0.05, 0.1) is 6.57 Å². The van der Waals surface area contributed by atoms with Gasteiger partial charge in [0, 0.05) is 17.0 Å². The summed E-state index contributed by atoms with van der Waals surface area (Å²) in [5.74, 6) is -0.107. The van der Waals surface area contributed by atoms with Crippen molar-refractivity contribution in [3.8, 4) is 0 Å². The summed E-state index contributed by atoms with van der Waals surface area (Å²) in [6.45, 7) is 12.8. The lowest BCUT2D eigenvalue weighted by molar-refractivity contribution is -0.121. The molecule has 1 aromatic rings. The monoisotopic (exact) mass is 250 g/mol. The Kier molecular flexibility index (Phi) is 4.14. The molecule has 0 saturated carbocycles. The molecule has 3 nitrogen and oxygen atoms in total. The van der Waals surface area contributed by atoms with Gasteiger partial charge in [-0.2, -0.15) is 0 Å². The molecule has 0 aromatic heterocycles. The van der Waals surface area contributed by atoms with Crippen molar-refractivity contribution < 1.29 is 4.79 Å². The van der Waals surface area contributed by atoms with Crippen molar-refractivity contribution in [1.29, 1.82) is 0 Å². The molecule has 1 N–H and O–H groups in total. The Bertz CT molecular complexity index is 469.